The third kappa shape index (κ3) is 4.75. The minimum absolute atomic E-state index is 0.291. The minimum Gasteiger partial charge on any atom is -0.380 e. The second kappa shape index (κ2) is 8.21. The molecule has 0 aliphatic rings. The standard InChI is InChI=1S/C20H17Cl2N3O/c1-13-3-2-4-14(7-13)10-24-17-8-15(11-23-12-17)20(26)25-19-6-5-16(21)9-18(19)22/h2-9,11-12,24H,10H2,1H3,(H,25,26). The predicted molar refractivity (Wildman–Crippen MR) is 107 cm³/mol. The number of carbonyl (C=O) groups excluding carboxylic acids is 1. The van der Waals surface area contributed by atoms with Gasteiger partial charge in [-0.25, -0.2) is 0 Å². The number of nitrogens with zero attached hydrogens (tertiary/aromatic N) is 1. The van der Waals surface area contributed by atoms with Gasteiger partial charge in [0.1, 0.15) is 0 Å². The summed E-state index contributed by atoms with van der Waals surface area (Å²) in [4.78, 5) is 16.6. The Morgan fingerprint density at radius 1 is 1.08 bits per heavy atom. The van der Waals surface area contributed by atoms with Gasteiger partial charge in [-0.2, -0.15) is 0 Å². The number of amides is 1. The van der Waals surface area contributed by atoms with Gasteiger partial charge >= 0.3 is 0 Å². The van der Waals surface area contributed by atoms with Crippen molar-refractivity contribution in [1.29, 1.82) is 0 Å². The Bertz CT molecular complexity index is 944. The molecule has 0 atom stereocenters. The average molecular weight is 386 g/mol. The predicted octanol–water partition coefficient (Wildman–Crippen LogP) is 5.56. The molecule has 1 heterocycles. The Kier molecular flexibility index (Phi) is 5.76. The minimum atomic E-state index is -0.291. The zero-order valence-electron chi connectivity index (χ0n) is 14.1. The van der Waals surface area contributed by atoms with Crippen molar-refractivity contribution >= 4 is 40.5 Å². The fourth-order valence-corrected chi connectivity index (χ4v) is 2.93. The second-order valence-corrected chi connectivity index (χ2v) is 6.73. The third-order valence-electron chi connectivity index (χ3n) is 3.76. The van der Waals surface area contributed by atoms with Gasteiger partial charge in [-0.05, 0) is 36.8 Å². The van der Waals surface area contributed by atoms with E-state index in [1.807, 2.05) is 12.1 Å². The van der Waals surface area contributed by atoms with E-state index in [9.17, 15) is 4.79 Å². The fraction of sp³-hybridized carbons (Fsp3) is 0.100. The summed E-state index contributed by atoms with van der Waals surface area (Å²) in [5.74, 6) is -0.291. The monoisotopic (exact) mass is 385 g/mol. The molecule has 0 spiro atoms. The van der Waals surface area contributed by atoms with Crippen LogP contribution in [-0.4, -0.2) is 10.9 Å². The molecule has 1 amide bonds. The van der Waals surface area contributed by atoms with Crippen LogP contribution in [0.3, 0.4) is 0 Å². The maximum absolute atomic E-state index is 12.5. The average Bonchev–Trinajstić information content (AvgIpc) is 2.62. The van der Waals surface area contributed by atoms with Crippen molar-refractivity contribution in [2.24, 2.45) is 0 Å². The van der Waals surface area contributed by atoms with Gasteiger partial charge in [-0.15, -0.1) is 0 Å². The Morgan fingerprint density at radius 2 is 1.92 bits per heavy atom. The SMILES string of the molecule is Cc1cccc(CNc2cncc(C(=O)Nc3ccc(Cl)cc3Cl)c2)c1. The molecule has 6 heteroatoms. The van der Waals surface area contributed by atoms with Crippen LogP contribution in [0.25, 0.3) is 0 Å². The van der Waals surface area contributed by atoms with Crippen molar-refractivity contribution in [1.82, 2.24) is 4.98 Å². The van der Waals surface area contributed by atoms with Crippen molar-refractivity contribution in [3.05, 3.63) is 87.7 Å². The van der Waals surface area contributed by atoms with Crippen LogP contribution in [0.15, 0.2) is 60.9 Å². The number of halogens is 2. The Hall–Kier alpha value is -2.56. The molecular weight excluding hydrogens is 369 g/mol. The molecule has 0 aliphatic carbocycles. The topological polar surface area (TPSA) is 54.0 Å². The van der Waals surface area contributed by atoms with Gasteiger partial charge in [-0.1, -0.05) is 53.0 Å². The first-order chi connectivity index (χ1) is 12.5. The van der Waals surface area contributed by atoms with E-state index in [1.54, 1.807) is 30.5 Å². The number of carbonyl (C=O) groups is 1. The quantitative estimate of drug-likeness (QED) is 0.604. The number of hydrogen-bond acceptors (Lipinski definition) is 3. The van der Waals surface area contributed by atoms with Crippen LogP contribution in [-0.2, 0) is 6.54 Å². The molecule has 26 heavy (non-hydrogen) atoms. The van der Waals surface area contributed by atoms with Gasteiger partial charge in [0.15, 0.2) is 0 Å². The lowest BCUT2D eigenvalue weighted by Gasteiger charge is -2.10. The number of rotatable bonds is 5. The van der Waals surface area contributed by atoms with Crippen LogP contribution in [0.1, 0.15) is 21.5 Å². The first-order valence-electron chi connectivity index (χ1n) is 8.02. The highest BCUT2D eigenvalue weighted by Crippen LogP contribution is 2.26. The lowest BCUT2D eigenvalue weighted by atomic mass is 10.1. The molecule has 0 saturated carbocycles. The summed E-state index contributed by atoms with van der Waals surface area (Å²) in [6.07, 6.45) is 3.19. The summed E-state index contributed by atoms with van der Waals surface area (Å²) in [6.45, 7) is 2.70. The molecule has 0 fully saturated rings. The van der Waals surface area contributed by atoms with Gasteiger partial charge in [-0.3, -0.25) is 9.78 Å². The number of hydrogen-bond donors (Lipinski definition) is 2. The van der Waals surface area contributed by atoms with Gasteiger partial charge < -0.3 is 10.6 Å². The zero-order valence-corrected chi connectivity index (χ0v) is 15.6. The van der Waals surface area contributed by atoms with Crippen LogP contribution in [0, 0.1) is 6.92 Å². The number of pyridine rings is 1. The van der Waals surface area contributed by atoms with Crippen molar-refractivity contribution in [2.45, 2.75) is 13.5 Å². The van der Waals surface area contributed by atoms with Crippen molar-refractivity contribution in [3.63, 3.8) is 0 Å². The third-order valence-corrected chi connectivity index (χ3v) is 4.31. The summed E-state index contributed by atoms with van der Waals surface area (Å²) in [5.41, 5.74) is 4.06. The molecule has 1 aromatic heterocycles. The largest absolute Gasteiger partial charge is 0.380 e. The second-order valence-electron chi connectivity index (χ2n) is 5.88. The first-order valence-corrected chi connectivity index (χ1v) is 8.78. The summed E-state index contributed by atoms with van der Waals surface area (Å²) < 4.78 is 0. The van der Waals surface area contributed by atoms with E-state index in [1.165, 1.54) is 11.8 Å². The molecule has 2 N–H and O–H groups in total. The van der Waals surface area contributed by atoms with Crippen molar-refractivity contribution < 1.29 is 4.79 Å². The van der Waals surface area contributed by atoms with Gasteiger partial charge in [0.05, 0.1) is 22.0 Å². The first kappa shape index (κ1) is 18.2. The van der Waals surface area contributed by atoms with Crippen LogP contribution in [0.5, 0.6) is 0 Å². The van der Waals surface area contributed by atoms with E-state index >= 15 is 0 Å². The molecular formula is C20H17Cl2N3O. The number of nitrogens with one attached hydrogen (secondary N) is 2. The summed E-state index contributed by atoms with van der Waals surface area (Å²) in [7, 11) is 0. The van der Waals surface area contributed by atoms with E-state index < -0.39 is 0 Å². The smallest absolute Gasteiger partial charge is 0.257 e. The highest BCUT2D eigenvalue weighted by Gasteiger charge is 2.10. The highest BCUT2D eigenvalue weighted by atomic mass is 35.5. The Balaban J connectivity index is 1.69. The highest BCUT2D eigenvalue weighted by molar-refractivity contribution is 6.36. The summed E-state index contributed by atoms with van der Waals surface area (Å²) >= 11 is 12.0. The lowest BCUT2D eigenvalue weighted by molar-refractivity contribution is 0.102. The van der Waals surface area contributed by atoms with E-state index in [-0.39, 0.29) is 5.91 Å². The summed E-state index contributed by atoms with van der Waals surface area (Å²) in [5, 5.41) is 6.94. The molecule has 3 aromatic rings. The van der Waals surface area contributed by atoms with E-state index in [4.69, 9.17) is 23.2 Å². The molecule has 3 rings (SSSR count). The Labute approximate surface area is 162 Å². The fourth-order valence-electron chi connectivity index (χ4n) is 2.47. The Morgan fingerprint density at radius 3 is 2.69 bits per heavy atom. The number of benzene rings is 2. The molecule has 0 radical (unpaired) electrons. The van der Waals surface area contributed by atoms with E-state index in [0.717, 1.165) is 11.3 Å². The number of aryl methyl sites for hydroxylation is 1. The maximum atomic E-state index is 12.5. The van der Waals surface area contributed by atoms with Crippen molar-refractivity contribution in [2.75, 3.05) is 10.6 Å². The molecule has 4 nitrogen and oxygen atoms in total. The van der Waals surface area contributed by atoms with E-state index in [2.05, 4.69) is 34.7 Å². The van der Waals surface area contributed by atoms with Crippen LogP contribution in [0.4, 0.5) is 11.4 Å². The zero-order chi connectivity index (χ0) is 18.5. The van der Waals surface area contributed by atoms with Crippen LogP contribution < -0.4 is 10.6 Å². The van der Waals surface area contributed by atoms with E-state index in [0.29, 0.717) is 27.8 Å². The maximum Gasteiger partial charge on any atom is 0.257 e. The molecule has 0 unspecified atom stereocenters. The van der Waals surface area contributed by atoms with Crippen LogP contribution >= 0.6 is 23.2 Å². The summed E-state index contributed by atoms with van der Waals surface area (Å²) in [6, 6.07) is 14.9. The normalized spacial score (nSPS) is 10.4. The lowest BCUT2D eigenvalue weighted by Crippen LogP contribution is -2.13. The molecule has 0 bridgehead atoms. The molecule has 0 saturated heterocycles. The van der Waals surface area contributed by atoms with Crippen LogP contribution in [0.2, 0.25) is 10.0 Å². The van der Waals surface area contributed by atoms with Gasteiger partial charge in [0, 0.05) is 24.0 Å². The molecule has 132 valence electrons. The molecule has 2 aromatic carbocycles. The molecule has 0 aliphatic heterocycles. The number of anilines is 2. The number of aromatic nitrogens is 1. The van der Waals surface area contributed by atoms with Gasteiger partial charge in [0.2, 0.25) is 0 Å². The van der Waals surface area contributed by atoms with Crippen molar-refractivity contribution in [3.8, 4) is 0 Å². The van der Waals surface area contributed by atoms with Gasteiger partial charge in [0.25, 0.3) is 5.91 Å².